The number of allylic oxidation sites excluding steroid dienone is 2. The van der Waals surface area contributed by atoms with Gasteiger partial charge in [-0.1, -0.05) is 19.1 Å². The summed E-state index contributed by atoms with van der Waals surface area (Å²) in [5.74, 6) is -0.172. The highest BCUT2D eigenvalue weighted by molar-refractivity contribution is 5.98. The van der Waals surface area contributed by atoms with Crippen LogP contribution in [0, 0.1) is 5.92 Å². The van der Waals surface area contributed by atoms with E-state index in [0.717, 1.165) is 12.0 Å². The fraction of sp³-hybridized carbons (Fsp3) is 0.429. The third-order valence-electron chi connectivity index (χ3n) is 4.41. The Bertz CT molecular complexity index is 765. The number of aliphatic hydroxyl groups excluding tert-OH is 1. The molecule has 0 saturated carbocycles. The third kappa shape index (κ3) is 5.96. The van der Waals surface area contributed by atoms with Crippen molar-refractivity contribution in [2.45, 2.75) is 39.2 Å². The van der Waals surface area contributed by atoms with E-state index in [2.05, 4.69) is 10.6 Å². The SMILES string of the molecule is COCC(C)(C)NC(=O)c1cccc(NC(=O)CC2=C(O)C=CCC2C)c1. The van der Waals surface area contributed by atoms with Gasteiger partial charge in [-0.3, -0.25) is 9.59 Å². The summed E-state index contributed by atoms with van der Waals surface area (Å²) in [5, 5.41) is 15.7. The van der Waals surface area contributed by atoms with Gasteiger partial charge in [0.2, 0.25) is 5.91 Å². The molecule has 6 nitrogen and oxygen atoms in total. The van der Waals surface area contributed by atoms with E-state index in [1.807, 2.05) is 26.8 Å². The summed E-state index contributed by atoms with van der Waals surface area (Å²) < 4.78 is 5.11. The fourth-order valence-electron chi connectivity index (χ4n) is 3.04. The molecule has 1 aliphatic carbocycles. The summed E-state index contributed by atoms with van der Waals surface area (Å²) in [5.41, 5.74) is 1.22. The van der Waals surface area contributed by atoms with Crippen LogP contribution in [0.25, 0.3) is 0 Å². The molecule has 3 N–H and O–H groups in total. The lowest BCUT2D eigenvalue weighted by molar-refractivity contribution is -0.115. The predicted molar refractivity (Wildman–Crippen MR) is 106 cm³/mol. The number of rotatable bonds is 7. The smallest absolute Gasteiger partial charge is 0.251 e. The number of methoxy groups -OCH3 is 1. The molecule has 0 aliphatic heterocycles. The molecule has 1 aromatic carbocycles. The van der Waals surface area contributed by atoms with Gasteiger partial charge in [-0.15, -0.1) is 0 Å². The average Bonchev–Trinajstić information content (AvgIpc) is 2.58. The van der Waals surface area contributed by atoms with E-state index in [-0.39, 0.29) is 29.9 Å². The summed E-state index contributed by atoms with van der Waals surface area (Å²) in [7, 11) is 1.58. The number of nitrogens with one attached hydrogen (secondary N) is 2. The van der Waals surface area contributed by atoms with Crippen LogP contribution >= 0.6 is 0 Å². The van der Waals surface area contributed by atoms with Gasteiger partial charge in [0.25, 0.3) is 5.91 Å². The van der Waals surface area contributed by atoms with Crippen LogP contribution in [-0.2, 0) is 9.53 Å². The monoisotopic (exact) mass is 372 g/mol. The van der Waals surface area contributed by atoms with Crippen molar-refractivity contribution in [3.05, 3.63) is 53.3 Å². The number of aliphatic hydroxyl groups is 1. The summed E-state index contributed by atoms with van der Waals surface area (Å²) >= 11 is 0. The Labute approximate surface area is 160 Å². The Hall–Kier alpha value is -2.60. The maximum absolute atomic E-state index is 12.4. The number of hydrogen-bond donors (Lipinski definition) is 3. The molecule has 0 aromatic heterocycles. The molecule has 2 rings (SSSR count). The summed E-state index contributed by atoms with van der Waals surface area (Å²) in [4.78, 5) is 24.8. The van der Waals surface area contributed by atoms with Crippen molar-refractivity contribution < 1.29 is 19.4 Å². The lowest BCUT2D eigenvalue weighted by atomic mass is 9.90. The molecule has 0 radical (unpaired) electrons. The summed E-state index contributed by atoms with van der Waals surface area (Å²) in [6.45, 7) is 6.12. The maximum atomic E-state index is 12.4. The molecule has 1 aliphatic rings. The van der Waals surface area contributed by atoms with Crippen molar-refractivity contribution in [1.29, 1.82) is 0 Å². The molecule has 27 heavy (non-hydrogen) atoms. The maximum Gasteiger partial charge on any atom is 0.251 e. The molecule has 146 valence electrons. The molecule has 0 spiro atoms. The van der Waals surface area contributed by atoms with Crippen LogP contribution in [0.15, 0.2) is 47.7 Å². The first-order chi connectivity index (χ1) is 12.7. The highest BCUT2D eigenvalue weighted by Gasteiger charge is 2.22. The van der Waals surface area contributed by atoms with E-state index in [0.29, 0.717) is 17.9 Å². The van der Waals surface area contributed by atoms with E-state index in [1.165, 1.54) is 0 Å². The highest BCUT2D eigenvalue weighted by atomic mass is 16.5. The van der Waals surface area contributed by atoms with Crippen molar-refractivity contribution in [3.63, 3.8) is 0 Å². The second-order valence-electron chi connectivity index (χ2n) is 7.53. The second kappa shape index (κ2) is 8.86. The molecule has 0 saturated heterocycles. The zero-order valence-electron chi connectivity index (χ0n) is 16.3. The number of ether oxygens (including phenoxy) is 1. The number of carbonyl (C=O) groups excluding carboxylic acids is 2. The number of hydrogen-bond acceptors (Lipinski definition) is 4. The minimum Gasteiger partial charge on any atom is -0.508 e. The van der Waals surface area contributed by atoms with E-state index in [4.69, 9.17) is 4.74 Å². The summed E-state index contributed by atoms with van der Waals surface area (Å²) in [6.07, 6.45) is 4.46. The molecule has 0 bridgehead atoms. The lowest BCUT2D eigenvalue weighted by Gasteiger charge is -2.25. The Morgan fingerprint density at radius 2 is 2.07 bits per heavy atom. The Morgan fingerprint density at radius 1 is 1.33 bits per heavy atom. The first-order valence-corrected chi connectivity index (χ1v) is 9.02. The van der Waals surface area contributed by atoms with Crippen LogP contribution in [0.3, 0.4) is 0 Å². The molecule has 1 atom stereocenters. The van der Waals surface area contributed by atoms with Gasteiger partial charge >= 0.3 is 0 Å². The molecule has 1 unspecified atom stereocenters. The molecular weight excluding hydrogens is 344 g/mol. The van der Waals surface area contributed by atoms with Crippen LogP contribution in [0.1, 0.15) is 44.0 Å². The Kier molecular flexibility index (Phi) is 6.80. The van der Waals surface area contributed by atoms with Gasteiger partial charge in [0, 0.05) is 18.4 Å². The second-order valence-corrected chi connectivity index (χ2v) is 7.53. The van der Waals surface area contributed by atoms with Gasteiger partial charge in [-0.2, -0.15) is 0 Å². The lowest BCUT2D eigenvalue weighted by Crippen LogP contribution is -2.46. The number of amides is 2. The third-order valence-corrected chi connectivity index (χ3v) is 4.41. The largest absolute Gasteiger partial charge is 0.508 e. The molecule has 0 fully saturated rings. The van der Waals surface area contributed by atoms with Gasteiger partial charge < -0.3 is 20.5 Å². The molecular formula is C21H28N2O4. The van der Waals surface area contributed by atoms with Crippen molar-refractivity contribution >= 4 is 17.5 Å². The van der Waals surface area contributed by atoms with Crippen LogP contribution < -0.4 is 10.6 Å². The molecule has 1 aromatic rings. The Balaban J connectivity index is 2.04. The molecule has 2 amide bonds. The summed E-state index contributed by atoms with van der Waals surface area (Å²) in [6, 6.07) is 6.77. The van der Waals surface area contributed by atoms with Crippen molar-refractivity contribution in [2.75, 3.05) is 19.0 Å². The Morgan fingerprint density at radius 3 is 2.74 bits per heavy atom. The van der Waals surface area contributed by atoms with E-state index >= 15 is 0 Å². The number of benzene rings is 1. The predicted octanol–water partition coefficient (Wildman–Crippen LogP) is 3.58. The van der Waals surface area contributed by atoms with Crippen LogP contribution in [-0.4, -0.2) is 36.2 Å². The minimum absolute atomic E-state index is 0.120. The van der Waals surface area contributed by atoms with Gasteiger partial charge in [-0.25, -0.2) is 0 Å². The first-order valence-electron chi connectivity index (χ1n) is 9.02. The van der Waals surface area contributed by atoms with Crippen molar-refractivity contribution in [1.82, 2.24) is 5.32 Å². The minimum atomic E-state index is -0.500. The normalized spacial score (nSPS) is 17.0. The van der Waals surface area contributed by atoms with Crippen LogP contribution in [0.4, 0.5) is 5.69 Å². The van der Waals surface area contributed by atoms with E-state index in [9.17, 15) is 14.7 Å². The number of carbonyl (C=O) groups is 2. The quantitative estimate of drug-likeness (QED) is 0.683. The first kappa shape index (κ1) is 20.7. The van der Waals surface area contributed by atoms with Gasteiger partial charge in [0.1, 0.15) is 5.76 Å². The van der Waals surface area contributed by atoms with Gasteiger partial charge in [0.15, 0.2) is 0 Å². The standard InChI is InChI=1S/C21H28N2O4/c1-14-7-5-10-18(24)17(14)12-19(25)22-16-9-6-8-15(11-16)20(26)23-21(2,3)13-27-4/h5-6,8-11,14,24H,7,12-13H2,1-4H3,(H,22,25)(H,23,26). The van der Waals surface area contributed by atoms with E-state index in [1.54, 1.807) is 37.5 Å². The van der Waals surface area contributed by atoms with Crippen LogP contribution in [0.5, 0.6) is 0 Å². The van der Waals surface area contributed by atoms with E-state index < -0.39 is 5.54 Å². The van der Waals surface area contributed by atoms with Gasteiger partial charge in [0.05, 0.1) is 18.6 Å². The molecule has 6 heteroatoms. The highest BCUT2D eigenvalue weighted by Crippen LogP contribution is 2.26. The zero-order chi connectivity index (χ0) is 20.0. The topological polar surface area (TPSA) is 87.7 Å². The van der Waals surface area contributed by atoms with Crippen molar-refractivity contribution in [2.24, 2.45) is 5.92 Å². The fourth-order valence-corrected chi connectivity index (χ4v) is 3.04. The average molecular weight is 372 g/mol. The van der Waals surface area contributed by atoms with Crippen molar-refractivity contribution in [3.8, 4) is 0 Å². The number of anilines is 1. The molecule has 0 heterocycles. The zero-order valence-corrected chi connectivity index (χ0v) is 16.3. The van der Waals surface area contributed by atoms with Crippen LogP contribution in [0.2, 0.25) is 0 Å². The van der Waals surface area contributed by atoms with Gasteiger partial charge in [-0.05, 0) is 56.0 Å².